The second-order valence-electron chi connectivity index (χ2n) is 7.61. The fourth-order valence-electron chi connectivity index (χ4n) is 4.08. The lowest BCUT2D eigenvalue weighted by molar-refractivity contribution is -0.155. The van der Waals surface area contributed by atoms with Crippen LogP contribution in [0.25, 0.3) is 0 Å². The number of aliphatic carboxylic acids is 1. The van der Waals surface area contributed by atoms with E-state index < -0.39 is 11.4 Å². The molecule has 1 aromatic heterocycles. The van der Waals surface area contributed by atoms with E-state index in [1.54, 1.807) is 23.2 Å². The molecule has 1 aromatic rings. The smallest absolute Gasteiger partial charge is 0.313 e. The lowest BCUT2D eigenvalue weighted by Gasteiger charge is -2.39. The van der Waals surface area contributed by atoms with Crippen LogP contribution in [0.4, 0.5) is 0 Å². The zero-order valence-corrected chi connectivity index (χ0v) is 15.9. The van der Waals surface area contributed by atoms with Crippen molar-refractivity contribution in [1.82, 2.24) is 9.88 Å². The quantitative estimate of drug-likeness (QED) is 0.821. The highest BCUT2D eigenvalue weighted by atomic mass is 16.5. The minimum atomic E-state index is -1.04. The minimum Gasteiger partial charge on any atom is -0.481 e. The molecule has 1 aliphatic carbocycles. The van der Waals surface area contributed by atoms with Gasteiger partial charge in [-0.05, 0) is 44.6 Å². The summed E-state index contributed by atoms with van der Waals surface area (Å²) in [7, 11) is 1.49. The number of rotatable bonds is 6. The number of piperidine rings is 1. The Morgan fingerprint density at radius 2 is 2.07 bits per heavy atom. The van der Waals surface area contributed by atoms with E-state index in [-0.39, 0.29) is 25.2 Å². The molecule has 2 fully saturated rings. The molecule has 3 rings (SSSR count). The second-order valence-corrected chi connectivity index (χ2v) is 7.61. The summed E-state index contributed by atoms with van der Waals surface area (Å²) in [5, 5.41) is 9.67. The standard InChI is InChI=1S/C20H28N2O5/c1-26-14-20(19(24)25)9-5-11-22(13-20)18(23)15-8-10-21-17(12-15)27-16-6-3-2-4-7-16/h8,10,12,16H,2-7,9,11,13-14H2,1H3,(H,24,25). The fourth-order valence-corrected chi connectivity index (χ4v) is 4.08. The Labute approximate surface area is 159 Å². The summed E-state index contributed by atoms with van der Waals surface area (Å²) >= 11 is 0. The predicted molar refractivity (Wildman–Crippen MR) is 98.8 cm³/mol. The van der Waals surface area contributed by atoms with Crippen LogP contribution in [0.5, 0.6) is 5.88 Å². The minimum absolute atomic E-state index is 0.0957. The summed E-state index contributed by atoms with van der Waals surface area (Å²) in [6, 6.07) is 3.33. The van der Waals surface area contributed by atoms with Crippen LogP contribution in [-0.2, 0) is 9.53 Å². The van der Waals surface area contributed by atoms with Crippen LogP contribution < -0.4 is 4.74 Å². The van der Waals surface area contributed by atoms with Gasteiger partial charge in [-0.15, -0.1) is 0 Å². The van der Waals surface area contributed by atoms with Gasteiger partial charge in [-0.1, -0.05) is 6.42 Å². The van der Waals surface area contributed by atoms with Crippen molar-refractivity contribution in [2.45, 2.75) is 51.0 Å². The van der Waals surface area contributed by atoms with Gasteiger partial charge in [0.2, 0.25) is 5.88 Å². The van der Waals surface area contributed by atoms with Crippen molar-refractivity contribution in [3.63, 3.8) is 0 Å². The van der Waals surface area contributed by atoms with E-state index in [0.29, 0.717) is 30.8 Å². The average Bonchev–Trinajstić information content (AvgIpc) is 2.69. The van der Waals surface area contributed by atoms with E-state index in [9.17, 15) is 14.7 Å². The van der Waals surface area contributed by atoms with Gasteiger partial charge in [0.15, 0.2) is 0 Å². The molecule has 148 valence electrons. The Bertz CT molecular complexity index is 670. The van der Waals surface area contributed by atoms with Crippen molar-refractivity contribution < 1.29 is 24.2 Å². The largest absolute Gasteiger partial charge is 0.481 e. The van der Waals surface area contributed by atoms with Crippen molar-refractivity contribution in [3.05, 3.63) is 23.9 Å². The van der Waals surface area contributed by atoms with E-state index in [1.165, 1.54) is 13.5 Å². The van der Waals surface area contributed by atoms with Gasteiger partial charge < -0.3 is 19.5 Å². The molecule has 1 N–H and O–H groups in total. The third kappa shape index (κ3) is 4.58. The maximum atomic E-state index is 13.0. The molecule has 0 aromatic carbocycles. The number of ether oxygens (including phenoxy) is 2. The first-order valence-corrected chi connectivity index (χ1v) is 9.68. The van der Waals surface area contributed by atoms with Crippen LogP contribution in [0.2, 0.25) is 0 Å². The number of pyridine rings is 1. The number of carboxylic acids is 1. The Balaban J connectivity index is 1.71. The molecule has 1 saturated heterocycles. The molecule has 1 aliphatic heterocycles. The summed E-state index contributed by atoms with van der Waals surface area (Å²) in [6.07, 6.45) is 8.48. The summed E-state index contributed by atoms with van der Waals surface area (Å²) in [5.41, 5.74) is -0.564. The van der Waals surface area contributed by atoms with E-state index in [2.05, 4.69) is 4.98 Å². The molecule has 2 heterocycles. The SMILES string of the molecule is COCC1(C(=O)O)CCCN(C(=O)c2ccnc(OC3CCCCC3)c2)C1. The molecule has 1 atom stereocenters. The van der Waals surface area contributed by atoms with Crippen LogP contribution in [0, 0.1) is 5.41 Å². The number of carboxylic acid groups (broad SMARTS) is 1. The summed E-state index contributed by atoms with van der Waals surface area (Å²) in [6.45, 7) is 0.785. The zero-order valence-electron chi connectivity index (χ0n) is 15.9. The lowest BCUT2D eigenvalue weighted by Crippen LogP contribution is -2.52. The van der Waals surface area contributed by atoms with E-state index in [4.69, 9.17) is 9.47 Å². The van der Waals surface area contributed by atoms with Crippen LogP contribution in [0.3, 0.4) is 0 Å². The molecular weight excluding hydrogens is 348 g/mol. The number of hydrogen-bond donors (Lipinski definition) is 1. The number of likely N-dealkylation sites (tertiary alicyclic amines) is 1. The van der Waals surface area contributed by atoms with Crippen LogP contribution in [0.1, 0.15) is 55.3 Å². The second kappa shape index (κ2) is 8.69. The number of nitrogens with zero attached hydrogens (tertiary/aromatic N) is 2. The molecule has 1 unspecified atom stereocenters. The van der Waals surface area contributed by atoms with Crippen LogP contribution in [-0.4, -0.2) is 59.8 Å². The highest BCUT2D eigenvalue weighted by Gasteiger charge is 2.44. The molecule has 7 heteroatoms. The molecular formula is C20H28N2O5. The Morgan fingerprint density at radius 1 is 1.30 bits per heavy atom. The fraction of sp³-hybridized carbons (Fsp3) is 0.650. The highest BCUT2D eigenvalue weighted by Crippen LogP contribution is 2.32. The first-order valence-electron chi connectivity index (χ1n) is 9.68. The monoisotopic (exact) mass is 376 g/mol. The summed E-state index contributed by atoms with van der Waals surface area (Å²) in [4.78, 5) is 30.6. The maximum Gasteiger partial charge on any atom is 0.313 e. The third-order valence-corrected chi connectivity index (χ3v) is 5.56. The molecule has 0 bridgehead atoms. The Hall–Kier alpha value is -2.15. The van der Waals surface area contributed by atoms with Crippen molar-refractivity contribution in [2.75, 3.05) is 26.8 Å². The van der Waals surface area contributed by atoms with Gasteiger partial charge in [0.05, 0.1) is 6.61 Å². The highest BCUT2D eigenvalue weighted by molar-refractivity contribution is 5.95. The van der Waals surface area contributed by atoms with Gasteiger partial charge in [-0.3, -0.25) is 9.59 Å². The number of carbonyl (C=O) groups is 2. The molecule has 1 amide bonds. The average molecular weight is 376 g/mol. The van der Waals surface area contributed by atoms with Crippen molar-refractivity contribution >= 4 is 11.9 Å². The first kappa shape index (κ1) is 19.6. The van der Waals surface area contributed by atoms with E-state index in [1.807, 2.05) is 0 Å². The van der Waals surface area contributed by atoms with Crippen LogP contribution in [0.15, 0.2) is 18.3 Å². The number of methoxy groups -OCH3 is 1. The van der Waals surface area contributed by atoms with Crippen molar-refractivity contribution in [3.8, 4) is 5.88 Å². The summed E-state index contributed by atoms with van der Waals surface area (Å²) in [5.74, 6) is -0.642. The van der Waals surface area contributed by atoms with Gasteiger partial charge >= 0.3 is 5.97 Å². The zero-order chi connectivity index (χ0) is 19.3. The molecule has 7 nitrogen and oxygen atoms in total. The number of amides is 1. The van der Waals surface area contributed by atoms with Gasteiger partial charge in [0.1, 0.15) is 11.5 Å². The normalized spacial score (nSPS) is 23.8. The number of carbonyl (C=O) groups excluding carboxylic acids is 1. The molecule has 27 heavy (non-hydrogen) atoms. The van der Waals surface area contributed by atoms with Gasteiger partial charge in [-0.2, -0.15) is 0 Å². The number of hydrogen-bond acceptors (Lipinski definition) is 5. The topological polar surface area (TPSA) is 89.0 Å². The third-order valence-electron chi connectivity index (χ3n) is 5.56. The number of aromatic nitrogens is 1. The van der Waals surface area contributed by atoms with Gasteiger partial charge in [-0.25, -0.2) is 4.98 Å². The first-order chi connectivity index (χ1) is 13.0. The lowest BCUT2D eigenvalue weighted by atomic mass is 9.80. The van der Waals surface area contributed by atoms with E-state index >= 15 is 0 Å². The van der Waals surface area contributed by atoms with Gasteiger partial charge in [0, 0.05) is 38.0 Å². The Morgan fingerprint density at radius 3 is 2.78 bits per heavy atom. The molecule has 2 aliphatic rings. The molecule has 0 spiro atoms. The molecule has 0 radical (unpaired) electrons. The van der Waals surface area contributed by atoms with Crippen LogP contribution >= 0.6 is 0 Å². The van der Waals surface area contributed by atoms with Gasteiger partial charge in [0.25, 0.3) is 5.91 Å². The summed E-state index contributed by atoms with van der Waals surface area (Å²) < 4.78 is 11.1. The Kier molecular flexibility index (Phi) is 6.31. The van der Waals surface area contributed by atoms with E-state index in [0.717, 1.165) is 25.7 Å². The maximum absolute atomic E-state index is 13.0. The van der Waals surface area contributed by atoms with Crippen molar-refractivity contribution in [2.24, 2.45) is 5.41 Å². The molecule has 1 saturated carbocycles. The van der Waals surface area contributed by atoms with Crippen molar-refractivity contribution in [1.29, 1.82) is 0 Å². The predicted octanol–water partition coefficient (Wildman–Crippen LogP) is 2.75.